The van der Waals surface area contributed by atoms with Crippen LogP contribution in [-0.2, 0) is 22.4 Å². The van der Waals surface area contributed by atoms with Gasteiger partial charge in [0.1, 0.15) is 11.3 Å². The lowest BCUT2D eigenvalue weighted by Crippen LogP contribution is -2.30. The number of hydrogen-bond donors (Lipinski definition) is 1. The number of benzene rings is 3. The van der Waals surface area contributed by atoms with Crippen LogP contribution in [0.3, 0.4) is 0 Å². The second kappa shape index (κ2) is 16.5. The number of nitrogens with zero attached hydrogens (tertiary/aromatic N) is 1. The van der Waals surface area contributed by atoms with Crippen molar-refractivity contribution < 1.29 is 24.2 Å². The summed E-state index contributed by atoms with van der Waals surface area (Å²) in [6.45, 7) is 4.59. The van der Waals surface area contributed by atoms with Gasteiger partial charge in [0.15, 0.2) is 5.78 Å². The molecule has 0 radical (unpaired) electrons. The number of ketones is 1. The Balaban J connectivity index is 1.43. The predicted octanol–water partition coefficient (Wildman–Crippen LogP) is 6.46. The molecule has 0 saturated heterocycles. The number of esters is 1. The minimum absolute atomic E-state index is 0.00503. The molecule has 0 saturated carbocycles. The SMILES string of the molecule is COC(=O)c1cc(C(=O)CN(CCCCCCOC(C)CCc2ccccc2)Cc2ccccc2)ccc1O. The quantitative estimate of drug-likeness (QED) is 0.122. The van der Waals surface area contributed by atoms with Crippen molar-refractivity contribution in [1.82, 2.24) is 4.90 Å². The number of ether oxygens (including phenoxy) is 2. The molecule has 0 heterocycles. The molecule has 0 fully saturated rings. The summed E-state index contributed by atoms with van der Waals surface area (Å²) in [4.78, 5) is 27.2. The highest BCUT2D eigenvalue weighted by Crippen LogP contribution is 2.20. The van der Waals surface area contributed by atoms with Crippen molar-refractivity contribution >= 4 is 11.8 Å². The maximum atomic E-state index is 13.1. The van der Waals surface area contributed by atoms with Gasteiger partial charge in [0.2, 0.25) is 0 Å². The molecule has 0 spiro atoms. The normalized spacial score (nSPS) is 11.9. The first-order valence-corrected chi connectivity index (χ1v) is 13.8. The third kappa shape index (κ3) is 10.7. The highest BCUT2D eigenvalue weighted by Gasteiger charge is 2.18. The number of rotatable bonds is 17. The Bertz CT molecular complexity index is 1150. The van der Waals surface area contributed by atoms with Gasteiger partial charge in [-0.3, -0.25) is 9.69 Å². The van der Waals surface area contributed by atoms with E-state index in [0.717, 1.165) is 57.2 Å². The van der Waals surface area contributed by atoms with Crippen LogP contribution in [0.1, 0.15) is 70.9 Å². The zero-order valence-electron chi connectivity index (χ0n) is 23.2. The minimum atomic E-state index is -0.669. The molecule has 0 aliphatic carbocycles. The van der Waals surface area contributed by atoms with Crippen molar-refractivity contribution in [3.05, 3.63) is 101 Å². The van der Waals surface area contributed by atoms with Crippen LogP contribution < -0.4 is 0 Å². The summed E-state index contributed by atoms with van der Waals surface area (Å²) in [6, 6.07) is 24.9. The summed E-state index contributed by atoms with van der Waals surface area (Å²) < 4.78 is 10.7. The van der Waals surface area contributed by atoms with Crippen LogP contribution in [0.2, 0.25) is 0 Å². The number of aromatic hydroxyl groups is 1. The topological polar surface area (TPSA) is 76.1 Å². The maximum Gasteiger partial charge on any atom is 0.341 e. The summed E-state index contributed by atoms with van der Waals surface area (Å²) in [6.07, 6.45) is 6.45. The second-order valence-corrected chi connectivity index (χ2v) is 9.96. The van der Waals surface area contributed by atoms with Gasteiger partial charge in [0, 0.05) is 18.7 Å². The molecule has 6 heteroatoms. The van der Waals surface area contributed by atoms with Crippen molar-refractivity contribution in [3.8, 4) is 5.75 Å². The van der Waals surface area contributed by atoms with E-state index in [9.17, 15) is 14.7 Å². The third-order valence-corrected chi connectivity index (χ3v) is 6.79. The second-order valence-electron chi connectivity index (χ2n) is 9.96. The van der Waals surface area contributed by atoms with Crippen molar-refractivity contribution in [2.24, 2.45) is 0 Å². The van der Waals surface area contributed by atoms with Crippen LogP contribution in [0.15, 0.2) is 78.9 Å². The summed E-state index contributed by atoms with van der Waals surface area (Å²) >= 11 is 0. The van der Waals surface area contributed by atoms with E-state index in [1.807, 2.05) is 24.3 Å². The molecule has 3 rings (SSSR count). The van der Waals surface area contributed by atoms with E-state index in [1.54, 1.807) is 6.07 Å². The molecule has 0 aliphatic heterocycles. The molecule has 1 N–H and O–H groups in total. The highest BCUT2D eigenvalue weighted by molar-refractivity contribution is 6.01. The Morgan fingerprint density at radius 1 is 0.872 bits per heavy atom. The van der Waals surface area contributed by atoms with Gasteiger partial charge in [-0.25, -0.2) is 4.79 Å². The summed E-state index contributed by atoms with van der Waals surface area (Å²) in [5, 5.41) is 9.97. The van der Waals surface area contributed by atoms with Crippen LogP contribution in [0.5, 0.6) is 5.75 Å². The number of phenolic OH excluding ortho intramolecular Hbond substituents is 1. The zero-order valence-corrected chi connectivity index (χ0v) is 23.2. The number of carbonyl (C=O) groups is 2. The van der Waals surface area contributed by atoms with Crippen LogP contribution in [0.4, 0.5) is 0 Å². The van der Waals surface area contributed by atoms with E-state index >= 15 is 0 Å². The lowest BCUT2D eigenvalue weighted by molar-refractivity contribution is 0.0575. The van der Waals surface area contributed by atoms with Gasteiger partial charge in [-0.2, -0.15) is 0 Å². The molecule has 6 nitrogen and oxygen atoms in total. The lowest BCUT2D eigenvalue weighted by atomic mass is 10.1. The Morgan fingerprint density at radius 3 is 2.23 bits per heavy atom. The van der Waals surface area contributed by atoms with Gasteiger partial charge in [0.05, 0.1) is 19.8 Å². The largest absolute Gasteiger partial charge is 0.507 e. The molecule has 0 aromatic heterocycles. The smallest absolute Gasteiger partial charge is 0.341 e. The fourth-order valence-corrected chi connectivity index (χ4v) is 4.51. The Morgan fingerprint density at radius 2 is 1.54 bits per heavy atom. The number of carbonyl (C=O) groups excluding carboxylic acids is 2. The number of hydrogen-bond acceptors (Lipinski definition) is 6. The van der Waals surface area contributed by atoms with E-state index in [-0.39, 0.29) is 29.7 Å². The monoisotopic (exact) mass is 531 g/mol. The Labute approximate surface area is 232 Å². The van der Waals surface area contributed by atoms with Crippen molar-refractivity contribution in [2.45, 2.75) is 58.1 Å². The molecule has 3 aromatic rings. The Hall–Kier alpha value is -3.48. The average Bonchev–Trinajstić information content (AvgIpc) is 2.96. The lowest BCUT2D eigenvalue weighted by Gasteiger charge is -2.22. The number of phenols is 1. The molecule has 0 aliphatic rings. The average molecular weight is 532 g/mol. The molecular formula is C33H41NO5. The fourth-order valence-electron chi connectivity index (χ4n) is 4.51. The van der Waals surface area contributed by atoms with Crippen LogP contribution in [0, 0.1) is 0 Å². The molecule has 39 heavy (non-hydrogen) atoms. The molecule has 0 bridgehead atoms. The highest BCUT2D eigenvalue weighted by atomic mass is 16.5. The summed E-state index contributed by atoms with van der Waals surface area (Å²) in [5.74, 6) is -0.971. The van der Waals surface area contributed by atoms with Gasteiger partial charge in [-0.1, -0.05) is 73.5 Å². The molecule has 208 valence electrons. The van der Waals surface area contributed by atoms with Crippen LogP contribution >= 0.6 is 0 Å². The number of Topliss-reactive ketones (excluding diaryl/α,β-unsaturated/α-hetero) is 1. The van der Waals surface area contributed by atoms with Crippen molar-refractivity contribution in [1.29, 1.82) is 0 Å². The number of unbranched alkanes of at least 4 members (excludes halogenated alkanes) is 3. The fraction of sp³-hybridized carbons (Fsp3) is 0.394. The van der Waals surface area contributed by atoms with Crippen LogP contribution in [0.25, 0.3) is 0 Å². The molecule has 0 amide bonds. The van der Waals surface area contributed by atoms with Gasteiger partial charge in [0.25, 0.3) is 0 Å². The summed E-state index contributed by atoms with van der Waals surface area (Å²) in [5.41, 5.74) is 2.87. The summed E-state index contributed by atoms with van der Waals surface area (Å²) in [7, 11) is 1.25. The van der Waals surface area contributed by atoms with E-state index in [4.69, 9.17) is 9.47 Å². The third-order valence-electron chi connectivity index (χ3n) is 6.79. The van der Waals surface area contributed by atoms with E-state index < -0.39 is 5.97 Å². The van der Waals surface area contributed by atoms with Gasteiger partial charge in [-0.05, 0) is 68.5 Å². The first kappa shape index (κ1) is 30.1. The maximum absolute atomic E-state index is 13.1. The molecular weight excluding hydrogens is 490 g/mol. The first-order chi connectivity index (χ1) is 19.0. The van der Waals surface area contributed by atoms with Gasteiger partial charge >= 0.3 is 5.97 Å². The minimum Gasteiger partial charge on any atom is -0.507 e. The molecule has 1 atom stereocenters. The first-order valence-electron chi connectivity index (χ1n) is 13.8. The van der Waals surface area contributed by atoms with Gasteiger partial charge in [-0.15, -0.1) is 0 Å². The van der Waals surface area contributed by atoms with E-state index in [0.29, 0.717) is 12.1 Å². The van der Waals surface area contributed by atoms with Crippen molar-refractivity contribution in [3.63, 3.8) is 0 Å². The number of methoxy groups -OCH3 is 1. The molecule has 3 aromatic carbocycles. The van der Waals surface area contributed by atoms with Crippen LogP contribution in [-0.4, -0.2) is 54.7 Å². The van der Waals surface area contributed by atoms with Gasteiger partial charge < -0.3 is 14.6 Å². The predicted molar refractivity (Wildman–Crippen MR) is 154 cm³/mol. The van der Waals surface area contributed by atoms with E-state index in [1.165, 1.54) is 24.8 Å². The number of aryl methyl sites for hydroxylation is 1. The zero-order chi connectivity index (χ0) is 27.9. The Kier molecular flexibility index (Phi) is 12.7. The molecule has 1 unspecified atom stereocenters. The van der Waals surface area contributed by atoms with Crippen molar-refractivity contribution in [2.75, 3.05) is 26.8 Å². The standard InChI is InChI=1S/C33H41NO5/c1-26(17-18-27-13-7-5-8-14-27)39-22-12-4-3-11-21-34(24-28-15-9-6-10-16-28)25-32(36)29-19-20-31(35)30(23-29)33(37)38-2/h5-10,13-16,19-20,23,26,35H,3-4,11-12,17-18,21-22,24-25H2,1-2H3. The van der Waals surface area contributed by atoms with E-state index in [2.05, 4.69) is 48.2 Å².